The van der Waals surface area contributed by atoms with Gasteiger partial charge in [-0.15, -0.1) is 11.3 Å². The largest absolute Gasteiger partial charge is 0.309 e. The Bertz CT molecular complexity index is 3130. The second-order valence-electron chi connectivity index (χ2n) is 13.3. The Labute approximate surface area is 298 Å². The van der Waals surface area contributed by atoms with E-state index in [-0.39, 0.29) is 0 Å². The summed E-state index contributed by atoms with van der Waals surface area (Å²) in [5.74, 6) is 0. The van der Waals surface area contributed by atoms with E-state index in [0.717, 1.165) is 0 Å². The topological polar surface area (TPSA) is 9.86 Å². The number of thiophene rings is 1. The van der Waals surface area contributed by atoms with Gasteiger partial charge in [0.2, 0.25) is 0 Å². The molecule has 238 valence electrons. The van der Waals surface area contributed by atoms with Crippen molar-refractivity contribution in [2.24, 2.45) is 0 Å². The molecule has 51 heavy (non-hydrogen) atoms. The normalized spacial score (nSPS) is 11.9. The van der Waals surface area contributed by atoms with E-state index in [2.05, 4.69) is 191 Å². The van der Waals surface area contributed by atoms with Crippen molar-refractivity contribution in [2.75, 3.05) is 0 Å². The van der Waals surface area contributed by atoms with Gasteiger partial charge in [0.15, 0.2) is 0 Å². The molecular weight excluding hydrogens is 637 g/mol. The second kappa shape index (κ2) is 11.0. The molecule has 2 nitrogen and oxygen atoms in total. The minimum atomic E-state index is 1.18. The molecule has 8 aromatic carbocycles. The first-order valence-electron chi connectivity index (χ1n) is 17.4. The van der Waals surface area contributed by atoms with Gasteiger partial charge in [-0.05, 0) is 95.1 Å². The Balaban J connectivity index is 1.12. The highest BCUT2D eigenvalue weighted by atomic mass is 32.1. The number of nitrogens with zero attached hydrogens (tertiary/aromatic N) is 2. The van der Waals surface area contributed by atoms with Crippen LogP contribution in [0.15, 0.2) is 182 Å². The summed E-state index contributed by atoms with van der Waals surface area (Å²) in [5.41, 5.74) is 12.2. The van der Waals surface area contributed by atoms with E-state index in [1.165, 1.54) is 97.4 Å². The summed E-state index contributed by atoms with van der Waals surface area (Å²) in [6, 6.07) is 66.6. The minimum Gasteiger partial charge on any atom is -0.309 e. The van der Waals surface area contributed by atoms with Gasteiger partial charge >= 0.3 is 0 Å². The van der Waals surface area contributed by atoms with Crippen LogP contribution in [0.25, 0.3) is 97.4 Å². The van der Waals surface area contributed by atoms with E-state index in [4.69, 9.17) is 0 Å². The number of hydrogen-bond donors (Lipinski definition) is 0. The van der Waals surface area contributed by atoms with Crippen molar-refractivity contribution in [3.8, 4) is 33.6 Å². The summed E-state index contributed by atoms with van der Waals surface area (Å²) in [6.07, 6.45) is 0. The first-order chi connectivity index (χ1) is 25.3. The smallest absolute Gasteiger partial charge is 0.0555 e. The number of benzene rings is 8. The lowest BCUT2D eigenvalue weighted by molar-refractivity contribution is 1.18. The summed E-state index contributed by atoms with van der Waals surface area (Å²) in [6.45, 7) is 0. The predicted molar refractivity (Wildman–Crippen MR) is 219 cm³/mol. The average molecular weight is 667 g/mol. The van der Waals surface area contributed by atoms with Crippen LogP contribution in [-0.2, 0) is 0 Å². The van der Waals surface area contributed by atoms with Gasteiger partial charge in [-0.25, -0.2) is 0 Å². The molecule has 0 radical (unpaired) electrons. The van der Waals surface area contributed by atoms with Crippen molar-refractivity contribution in [1.82, 2.24) is 9.13 Å². The van der Waals surface area contributed by atoms with Crippen molar-refractivity contribution >= 4 is 75.1 Å². The molecule has 0 N–H and O–H groups in total. The Morgan fingerprint density at radius 1 is 0.314 bits per heavy atom. The molecule has 3 heterocycles. The molecule has 0 unspecified atom stereocenters. The predicted octanol–water partition coefficient (Wildman–Crippen LogP) is 13.6. The first kappa shape index (κ1) is 28.4. The Kier molecular flexibility index (Phi) is 6.16. The van der Waals surface area contributed by atoms with Crippen LogP contribution in [0.3, 0.4) is 0 Å². The van der Waals surface area contributed by atoms with Gasteiger partial charge in [-0.2, -0.15) is 0 Å². The number of aromatic nitrogens is 2. The van der Waals surface area contributed by atoms with Gasteiger partial charge in [0.1, 0.15) is 0 Å². The molecule has 0 saturated heterocycles. The highest BCUT2D eigenvalue weighted by Gasteiger charge is 2.19. The van der Waals surface area contributed by atoms with E-state index >= 15 is 0 Å². The lowest BCUT2D eigenvalue weighted by atomic mass is 10.0. The van der Waals surface area contributed by atoms with Gasteiger partial charge in [-0.3, -0.25) is 0 Å². The maximum absolute atomic E-state index is 2.48. The van der Waals surface area contributed by atoms with Gasteiger partial charge in [0.05, 0.1) is 27.8 Å². The van der Waals surface area contributed by atoms with E-state index in [1.807, 2.05) is 11.3 Å². The molecule has 3 aromatic heterocycles. The second-order valence-corrected chi connectivity index (χ2v) is 14.4. The van der Waals surface area contributed by atoms with Crippen molar-refractivity contribution in [3.05, 3.63) is 182 Å². The zero-order chi connectivity index (χ0) is 33.5. The highest BCUT2D eigenvalue weighted by Crippen LogP contribution is 2.43. The van der Waals surface area contributed by atoms with Crippen molar-refractivity contribution in [1.29, 1.82) is 0 Å². The fourth-order valence-electron chi connectivity index (χ4n) is 8.22. The fraction of sp³-hybridized carbons (Fsp3) is 0. The van der Waals surface area contributed by atoms with Gasteiger partial charge in [0.25, 0.3) is 0 Å². The molecule has 11 aromatic rings. The van der Waals surface area contributed by atoms with E-state index in [0.29, 0.717) is 0 Å². The average Bonchev–Trinajstić information content (AvgIpc) is 3.85. The lowest BCUT2D eigenvalue weighted by Gasteiger charge is -2.11. The number of hydrogen-bond acceptors (Lipinski definition) is 1. The van der Waals surface area contributed by atoms with Crippen LogP contribution in [0.5, 0.6) is 0 Å². The van der Waals surface area contributed by atoms with Crippen molar-refractivity contribution < 1.29 is 0 Å². The Morgan fingerprint density at radius 2 is 0.843 bits per heavy atom. The Hall–Kier alpha value is -6.42. The molecule has 0 fully saturated rings. The molecule has 0 saturated carbocycles. The van der Waals surface area contributed by atoms with Crippen LogP contribution in [0.2, 0.25) is 0 Å². The summed E-state index contributed by atoms with van der Waals surface area (Å²) >= 11 is 1.87. The standard InChI is InChI=1S/C48H30N2S/c1-3-12-31(13-4-1)32-24-27-46-40(30-32)48-45(20-11-21-47(48)51-46)50-42-19-10-8-17-37(42)39-29-34(23-26-44(39)50)33-22-25-43-38(28-33)36-16-7-9-18-41(36)49(43)35-14-5-2-6-15-35/h1-30H. The third-order valence-corrected chi connectivity index (χ3v) is 11.6. The number of rotatable bonds is 4. The van der Waals surface area contributed by atoms with Crippen LogP contribution in [0, 0.1) is 0 Å². The van der Waals surface area contributed by atoms with Crippen LogP contribution < -0.4 is 0 Å². The van der Waals surface area contributed by atoms with Crippen LogP contribution >= 0.6 is 11.3 Å². The summed E-state index contributed by atoms with van der Waals surface area (Å²) < 4.78 is 7.47. The summed E-state index contributed by atoms with van der Waals surface area (Å²) in [7, 11) is 0. The van der Waals surface area contributed by atoms with Gasteiger partial charge in [0, 0.05) is 47.4 Å². The molecule has 0 bridgehead atoms. The maximum Gasteiger partial charge on any atom is 0.0555 e. The third kappa shape index (κ3) is 4.29. The minimum absolute atomic E-state index is 1.18. The molecule has 3 heteroatoms. The molecule has 0 aliphatic rings. The maximum atomic E-state index is 2.48. The van der Waals surface area contributed by atoms with Crippen molar-refractivity contribution in [3.63, 3.8) is 0 Å². The van der Waals surface area contributed by atoms with Gasteiger partial charge in [-0.1, -0.05) is 109 Å². The van der Waals surface area contributed by atoms with E-state index in [1.54, 1.807) is 0 Å². The monoisotopic (exact) mass is 666 g/mol. The van der Waals surface area contributed by atoms with E-state index in [9.17, 15) is 0 Å². The molecule has 0 spiro atoms. The lowest BCUT2D eigenvalue weighted by Crippen LogP contribution is -1.94. The molecule has 0 atom stereocenters. The number of para-hydroxylation sites is 3. The Morgan fingerprint density at radius 3 is 1.55 bits per heavy atom. The van der Waals surface area contributed by atoms with Crippen LogP contribution in [0.1, 0.15) is 0 Å². The summed E-state index contributed by atoms with van der Waals surface area (Å²) in [4.78, 5) is 0. The van der Waals surface area contributed by atoms with E-state index < -0.39 is 0 Å². The molecule has 0 amide bonds. The molecule has 0 aliphatic heterocycles. The number of fused-ring (bicyclic) bond motifs is 9. The zero-order valence-corrected chi connectivity index (χ0v) is 28.4. The SMILES string of the molecule is c1ccc(-c2ccc3sc4cccc(-n5c6ccccc6c6cc(-c7ccc8c(c7)c7ccccc7n8-c7ccccc7)ccc65)c4c3c2)cc1. The van der Waals surface area contributed by atoms with Crippen LogP contribution in [0.4, 0.5) is 0 Å². The summed E-state index contributed by atoms with van der Waals surface area (Å²) in [5, 5.41) is 7.66. The molecule has 11 rings (SSSR count). The molecular formula is C48H30N2S. The quantitative estimate of drug-likeness (QED) is 0.177. The first-order valence-corrected chi connectivity index (χ1v) is 18.3. The highest BCUT2D eigenvalue weighted by molar-refractivity contribution is 7.25. The third-order valence-electron chi connectivity index (χ3n) is 10.5. The van der Waals surface area contributed by atoms with Crippen LogP contribution in [-0.4, -0.2) is 9.13 Å². The van der Waals surface area contributed by atoms with Gasteiger partial charge < -0.3 is 9.13 Å². The zero-order valence-electron chi connectivity index (χ0n) is 27.6. The molecule has 0 aliphatic carbocycles. The van der Waals surface area contributed by atoms with Crippen molar-refractivity contribution in [2.45, 2.75) is 0 Å². The fourth-order valence-corrected chi connectivity index (χ4v) is 9.33.